The first-order valence-electron chi connectivity index (χ1n) is 5.65. The van der Waals surface area contributed by atoms with Crippen molar-refractivity contribution >= 4 is 0 Å². The molecule has 0 saturated carbocycles. The summed E-state index contributed by atoms with van der Waals surface area (Å²) >= 11 is 0. The predicted octanol–water partition coefficient (Wildman–Crippen LogP) is 1.44. The van der Waals surface area contributed by atoms with E-state index in [0.717, 1.165) is 19.6 Å². The van der Waals surface area contributed by atoms with Crippen LogP contribution in [-0.4, -0.2) is 35.6 Å². The smallest absolute Gasteiger partial charge is 0.0324 e. The van der Waals surface area contributed by atoms with Crippen molar-refractivity contribution in [2.24, 2.45) is 0 Å². The number of aromatic nitrogens is 1. The van der Waals surface area contributed by atoms with E-state index in [1.807, 2.05) is 12.4 Å². The van der Waals surface area contributed by atoms with Gasteiger partial charge in [-0.25, -0.2) is 0 Å². The Labute approximate surface area is 91.5 Å². The lowest BCUT2D eigenvalue weighted by Gasteiger charge is -2.38. The van der Waals surface area contributed by atoms with Crippen molar-refractivity contribution in [1.82, 2.24) is 15.2 Å². The number of rotatable bonds is 2. The molecule has 0 amide bonds. The van der Waals surface area contributed by atoms with Crippen LogP contribution < -0.4 is 5.32 Å². The molecule has 0 bridgehead atoms. The van der Waals surface area contributed by atoms with E-state index in [0.29, 0.717) is 12.1 Å². The van der Waals surface area contributed by atoms with E-state index < -0.39 is 0 Å². The van der Waals surface area contributed by atoms with Crippen LogP contribution in [-0.2, 0) is 0 Å². The first-order valence-corrected chi connectivity index (χ1v) is 5.65. The van der Waals surface area contributed by atoms with Crippen LogP contribution in [0, 0.1) is 0 Å². The Balaban J connectivity index is 2.09. The minimum atomic E-state index is 0.491. The highest BCUT2D eigenvalue weighted by atomic mass is 15.2. The molecule has 1 N–H and O–H groups in total. The molecule has 2 heterocycles. The molecule has 3 heteroatoms. The fourth-order valence-corrected chi connectivity index (χ4v) is 2.27. The molecule has 1 fully saturated rings. The topological polar surface area (TPSA) is 28.2 Å². The summed E-state index contributed by atoms with van der Waals surface area (Å²) in [5, 5.41) is 3.42. The molecule has 1 aliphatic rings. The summed E-state index contributed by atoms with van der Waals surface area (Å²) in [6.07, 6.45) is 3.75. The van der Waals surface area contributed by atoms with Crippen LogP contribution in [0.5, 0.6) is 0 Å². The Hall–Kier alpha value is -0.930. The second-order valence-corrected chi connectivity index (χ2v) is 4.25. The van der Waals surface area contributed by atoms with Gasteiger partial charge in [0.1, 0.15) is 0 Å². The largest absolute Gasteiger partial charge is 0.314 e. The van der Waals surface area contributed by atoms with Gasteiger partial charge >= 0.3 is 0 Å². The fraction of sp³-hybridized carbons (Fsp3) is 0.583. The van der Waals surface area contributed by atoms with E-state index in [2.05, 4.69) is 41.2 Å². The van der Waals surface area contributed by atoms with Gasteiger partial charge in [-0.2, -0.15) is 0 Å². The van der Waals surface area contributed by atoms with Crippen LogP contribution >= 0.6 is 0 Å². The van der Waals surface area contributed by atoms with Gasteiger partial charge in [-0.3, -0.25) is 9.88 Å². The molecule has 0 spiro atoms. The molecule has 1 aromatic rings. The van der Waals surface area contributed by atoms with Crippen molar-refractivity contribution in [2.45, 2.75) is 25.9 Å². The van der Waals surface area contributed by atoms with Crippen LogP contribution in [0.15, 0.2) is 24.5 Å². The molecule has 82 valence electrons. The standard InChI is InChI=1S/C12H19N3/c1-10-9-14-7-8-15(10)11(2)12-3-5-13-6-4-12/h3-6,10-11,14H,7-9H2,1-2H3. The SMILES string of the molecule is CC1CNCCN1C(C)c1ccncc1. The molecule has 0 aromatic carbocycles. The molecule has 0 aliphatic carbocycles. The highest BCUT2D eigenvalue weighted by Gasteiger charge is 2.23. The summed E-state index contributed by atoms with van der Waals surface area (Å²) < 4.78 is 0. The van der Waals surface area contributed by atoms with Crippen molar-refractivity contribution in [3.05, 3.63) is 30.1 Å². The lowest BCUT2D eigenvalue weighted by atomic mass is 10.1. The lowest BCUT2D eigenvalue weighted by molar-refractivity contribution is 0.126. The maximum absolute atomic E-state index is 4.06. The minimum absolute atomic E-state index is 0.491. The van der Waals surface area contributed by atoms with E-state index in [4.69, 9.17) is 0 Å². The second-order valence-electron chi connectivity index (χ2n) is 4.25. The number of hydrogen-bond acceptors (Lipinski definition) is 3. The monoisotopic (exact) mass is 205 g/mol. The maximum atomic E-state index is 4.06. The zero-order chi connectivity index (χ0) is 10.7. The Morgan fingerprint density at radius 3 is 2.87 bits per heavy atom. The van der Waals surface area contributed by atoms with Crippen molar-refractivity contribution in [3.8, 4) is 0 Å². The molecule has 2 rings (SSSR count). The van der Waals surface area contributed by atoms with E-state index in [1.54, 1.807) is 0 Å². The third-order valence-corrected chi connectivity index (χ3v) is 3.24. The highest BCUT2D eigenvalue weighted by molar-refractivity contribution is 5.14. The Bertz CT molecular complexity index is 299. The molecule has 2 unspecified atom stereocenters. The first kappa shape index (κ1) is 10.6. The van der Waals surface area contributed by atoms with Crippen molar-refractivity contribution < 1.29 is 0 Å². The Kier molecular flexibility index (Phi) is 3.34. The molecular formula is C12H19N3. The number of piperazine rings is 1. The van der Waals surface area contributed by atoms with E-state index >= 15 is 0 Å². The third kappa shape index (κ3) is 2.36. The van der Waals surface area contributed by atoms with Gasteiger partial charge in [0.05, 0.1) is 0 Å². The average Bonchev–Trinajstić information content (AvgIpc) is 2.30. The van der Waals surface area contributed by atoms with E-state index in [1.165, 1.54) is 5.56 Å². The van der Waals surface area contributed by atoms with Gasteiger partial charge in [0.2, 0.25) is 0 Å². The summed E-state index contributed by atoms with van der Waals surface area (Å²) in [6, 6.07) is 5.32. The average molecular weight is 205 g/mol. The summed E-state index contributed by atoms with van der Waals surface area (Å²) in [5.74, 6) is 0. The first-order chi connectivity index (χ1) is 7.29. The highest BCUT2D eigenvalue weighted by Crippen LogP contribution is 2.22. The number of nitrogens with zero attached hydrogens (tertiary/aromatic N) is 2. The molecule has 2 atom stereocenters. The zero-order valence-corrected chi connectivity index (χ0v) is 9.48. The lowest BCUT2D eigenvalue weighted by Crippen LogP contribution is -2.50. The van der Waals surface area contributed by atoms with Gasteiger partial charge in [0, 0.05) is 44.1 Å². The second kappa shape index (κ2) is 4.73. The fourth-order valence-electron chi connectivity index (χ4n) is 2.27. The molecule has 1 aliphatic heterocycles. The summed E-state index contributed by atoms with van der Waals surface area (Å²) in [7, 11) is 0. The van der Waals surface area contributed by atoms with Crippen molar-refractivity contribution in [1.29, 1.82) is 0 Å². The summed E-state index contributed by atoms with van der Waals surface area (Å²) in [6.45, 7) is 7.88. The van der Waals surface area contributed by atoms with Crippen molar-refractivity contribution in [3.63, 3.8) is 0 Å². The van der Waals surface area contributed by atoms with Crippen LogP contribution in [0.2, 0.25) is 0 Å². The molecule has 0 radical (unpaired) electrons. The molecule has 3 nitrogen and oxygen atoms in total. The van der Waals surface area contributed by atoms with Gasteiger partial charge in [0.25, 0.3) is 0 Å². The molecule has 1 saturated heterocycles. The van der Waals surface area contributed by atoms with Crippen LogP contribution in [0.25, 0.3) is 0 Å². The third-order valence-electron chi connectivity index (χ3n) is 3.24. The van der Waals surface area contributed by atoms with Crippen molar-refractivity contribution in [2.75, 3.05) is 19.6 Å². The molecule has 15 heavy (non-hydrogen) atoms. The van der Waals surface area contributed by atoms with Gasteiger partial charge in [-0.1, -0.05) is 0 Å². The molecular weight excluding hydrogens is 186 g/mol. The molecule has 1 aromatic heterocycles. The summed E-state index contributed by atoms with van der Waals surface area (Å²) in [5.41, 5.74) is 1.36. The zero-order valence-electron chi connectivity index (χ0n) is 9.48. The van der Waals surface area contributed by atoms with E-state index in [9.17, 15) is 0 Å². The predicted molar refractivity (Wildman–Crippen MR) is 61.7 cm³/mol. The van der Waals surface area contributed by atoms with Gasteiger partial charge in [-0.05, 0) is 31.5 Å². The minimum Gasteiger partial charge on any atom is -0.314 e. The maximum Gasteiger partial charge on any atom is 0.0324 e. The van der Waals surface area contributed by atoms with E-state index in [-0.39, 0.29) is 0 Å². The number of pyridine rings is 1. The summed E-state index contributed by atoms with van der Waals surface area (Å²) in [4.78, 5) is 6.61. The van der Waals surface area contributed by atoms with Gasteiger partial charge in [0.15, 0.2) is 0 Å². The van der Waals surface area contributed by atoms with Gasteiger partial charge in [-0.15, -0.1) is 0 Å². The quantitative estimate of drug-likeness (QED) is 0.792. The van der Waals surface area contributed by atoms with Gasteiger partial charge < -0.3 is 5.32 Å². The Morgan fingerprint density at radius 2 is 2.20 bits per heavy atom. The normalized spacial score (nSPS) is 25.1. The van der Waals surface area contributed by atoms with Crippen LogP contribution in [0.1, 0.15) is 25.5 Å². The van der Waals surface area contributed by atoms with Crippen LogP contribution in [0.4, 0.5) is 0 Å². The Morgan fingerprint density at radius 1 is 1.47 bits per heavy atom. The van der Waals surface area contributed by atoms with Crippen LogP contribution in [0.3, 0.4) is 0 Å². The number of nitrogens with one attached hydrogen (secondary N) is 1. The number of hydrogen-bond donors (Lipinski definition) is 1.